The van der Waals surface area contributed by atoms with E-state index in [1.54, 1.807) is 0 Å². The molecule has 0 bridgehead atoms. The van der Waals surface area contributed by atoms with Crippen molar-refractivity contribution in [3.05, 3.63) is 54.1 Å². The van der Waals surface area contributed by atoms with Crippen molar-refractivity contribution >= 4 is 5.69 Å². The van der Waals surface area contributed by atoms with Gasteiger partial charge < -0.3 is 19.1 Å². The Labute approximate surface area is 211 Å². The lowest BCUT2D eigenvalue weighted by Gasteiger charge is -2.39. The van der Waals surface area contributed by atoms with Crippen LogP contribution in [0.2, 0.25) is 0 Å². The summed E-state index contributed by atoms with van der Waals surface area (Å²) < 4.78 is 18.3. The van der Waals surface area contributed by atoms with Crippen LogP contribution in [0, 0.1) is 5.92 Å². The van der Waals surface area contributed by atoms with Gasteiger partial charge in [0.25, 0.3) is 0 Å². The molecule has 1 aliphatic carbocycles. The van der Waals surface area contributed by atoms with Crippen molar-refractivity contribution in [3.8, 4) is 11.5 Å². The molecule has 2 heterocycles. The third-order valence-electron chi connectivity index (χ3n) is 8.11. The van der Waals surface area contributed by atoms with E-state index in [9.17, 15) is 0 Å². The SMILES string of the molecule is CCOC(C1CCCCC1)C(CCN1CCN(c2cccc3c2OCCO3)CC1)c1ccccc1. The highest BCUT2D eigenvalue weighted by molar-refractivity contribution is 5.65. The summed E-state index contributed by atoms with van der Waals surface area (Å²) >= 11 is 0. The van der Waals surface area contributed by atoms with Crippen molar-refractivity contribution in [1.82, 2.24) is 4.90 Å². The van der Waals surface area contributed by atoms with Crippen LogP contribution >= 0.6 is 0 Å². The highest BCUT2D eigenvalue weighted by Gasteiger charge is 2.33. The van der Waals surface area contributed by atoms with E-state index in [1.165, 1.54) is 43.4 Å². The van der Waals surface area contributed by atoms with Crippen molar-refractivity contribution in [2.75, 3.05) is 57.4 Å². The van der Waals surface area contributed by atoms with Crippen LogP contribution in [0.25, 0.3) is 0 Å². The van der Waals surface area contributed by atoms with Crippen LogP contribution in [0.5, 0.6) is 11.5 Å². The summed E-state index contributed by atoms with van der Waals surface area (Å²) in [6, 6.07) is 17.4. The van der Waals surface area contributed by atoms with E-state index in [0.717, 1.165) is 57.3 Å². The summed E-state index contributed by atoms with van der Waals surface area (Å²) in [7, 11) is 0. The molecule has 35 heavy (non-hydrogen) atoms. The highest BCUT2D eigenvalue weighted by Crippen LogP contribution is 2.40. The van der Waals surface area contributed by atoms with Crippen LogP contribution in [0.15, 0.2) is 48.5 Å². The first-order valence-electron chi connectivity index (χ1n) is 13.9. The standard InChI is InChI=1S/C30H42N2O3/c1-2-33-29(25-12-7-4-8-13-25)26(24-10-5-3-6-11-24)16-17-31-18-20-32(21-19-31)27-14-9-15-28-30(27)35-23-22-34-28/h3,5-6,9-11,14-15,25-26,29H,2,4,7-8,12-13,16-23H2,1H3. The van der Waals surface area contributed by atoms with Crippen molar-refractivity contribution in [3.63, 3.8) is 0 Å². The molecule has 3 aliphatic rings. The van der Waals surface area contributed by atoms with E-state index in [-0.39, 0.29) is 0 Å². The minimum atomic E-state index is 0.331. The smallest absolute Gasteiger partial charge is 0.184 e. The molecule has 190 valence electrons. The lowest BCUT2D eigenvalue weighted by molar-refractivity contribution is -0.0146. The number of hydrogen-bond donors (Lipinski definition) is 0. The molecule has 5 nitrogen and oxygen atoms in total. The van der Waals surface area contributed by atoms with Crippen LogP contribution in [0.1, 0.15) is 56.9 Å². The lowest BCUT2D eigenvalue weighted by atomic mass is 9.76. The first-order valence-corrected chi connectivity index (χ1v) is 13.9. The Kier molecular flexibility index (Phi) is 8.48. The zero-order valence-electron chi connectivity index (χ0n) is 21.4. The zero-order valence-corrected chi connectivity index (χ0v) is 21.4. The Morgan fingerprint density at radius 3 is 2.43 bits per heavy atom. The molecular formula is C30H42N2O3. The Bertz CT molecular complexity index is 907. The average molecular weight is 479 g/mol. The van der Waals surface area contributed by atoms with Crippen LogP contribution < -0.4 is 14.4 Å². The normalized spacial score (nSPS) is 21.0. The van der Waals surface area contributed by atoms with Crippen molar-refractivity contribution in [2.24, 2.45) is 5.92 Å². The number of anilines is 1. The Morgan fingerprint density at radius 2 is 1.66 bits per heavy atom. The summed E-state index contributed by atoms with van der Waals surface area (Å²) in [6.07, 6.45) is 8.22. The molecule has 1 saturated carbocycles. The third kappa shape index (κ3) is 5.95. The molecule has 0 spiro atoms. The van der Waals surface area contributed by atoms with Gasteiger partial charge in [0.2, 0.25) is 0 Å². The molecular weight excluding hydrogens is 436 g/mol. The van der Waals surface area contributed by atoms with E-state index in [2.05, 4.69) is 59.2 Å². The summed E-state index contributed by atoms with van der Waals surface area (Å²) in [5.41, 5.74) is 2.63. The number of nitrogens with zero attached hydrogens (tertiary/aromatic N) is 2. The number of hydrogen-bond acceptors (Lipinski definition) is 5. The molecule has 2 aromatic rings. The van der Waals surface area contributed by atoms with Crippen molar-refractivity contribution < 1.29 is 14.2 Å². The van der Waals surface area contributed by atoms with Gasteiger partial charge in [-0.1, -0.05) is 55.7 Å². The van der Waals surface area contributed by atoms with Gasteiger partial charge in [0.05, 0.1) is 11.8 Å². The fourth-order valence-electron chi connectivity index (χ4n) is 6.30. The Morgan fingerprint density at radius 1 is 0.886 bits per heavy atom. The number of piperazine rings is 1. The predicted molar refractivity (Wildman–Crippen MR) is 142 cm³/mol. The fourth-order valence-corrected chi connectivity index (χ4v) is 6.30. The summed E-state index contributed by atoms with van der Waals surface area (Å²) in [4.78, 5) is 5.10. The zero-order chi connectivity index (χ0) is 23.9. The molecule has 5 heteroatoms. The highest BCUT2D eigenvalue weighted by atomic mass is 16.6. The number of rotatable bonds is 9. The first-order chi connectivity index (χ1) is 17.3. The molecule has 0 N–H and O–H groups in total. The molecule has 5 rings (SSSR count). The van der Waals surface area contributed by atoms with E-state index in [0.29, 0.717) is 31.2 Å². The number of benzene rings is 2. The van der Waals surface area contributed by atoms with Crippen LogP contribution in [-0.4, -0.2) is 63.5 Å². The van der Waals surface area contributed by atoms with E-state index in [4.69, 9.17) is 14.2 Å². The minimum absolute atomic E-state index is 0.331. The van der Waals surface area contributed by atoms with Gasteiger partial charge in [-0.25, -0.2) is 0 Å². The summed E-state index contributed by atoms with van der Waals surface area (Å²) in [5.74, 6) is 2.95. The maximum absolute atomic E-state index is 6.51. The van der Waals surface area contributed by atoms with E-state index in [1.807, 2.05) is 6.07 Å². The molecule has 1 saturated heterocycles. The summed E-state index contributed by atoms with van der Waals surface area (Å²) in [5, 5.41) is 0. The van der Waals surface area contributed by atoms with Gasteiger partial charge in [0, 0.05) is 38.7 Å². The molecule has 2 atom stereocenters. The van der Waals surface area contributed by atoms with E-state index >= 15 is 0 Å². The van der Waals surface area contributed by atoms with Crippen LogP contribution in [0.3, 0.4) is 0 Å². The van der Waals surface area contributed by atoms with Crippen LogP contribution in [-0.2, 0) is 4.74 Å². The number of fused-ring (bicyclic) bond motifs is 1. The third-order valence-corrected chi connectivity index (χ3v) is 8.11. The van der Waals surface area contributed by atoms with Crippen molar-refractivity contribution in [2.45, 2.75) is 57.5 Å². The van der Waals surface area contributed by atoms with E-state index < -0.39 is 0 Å². The van der Waals surface area contributed by atoms with Gasteiger partial charge in [0.1, 0.15) is 13.2 Å². The van der Waals surface area contributed by atoms with Crippen molar-refractivity contribution in [1.29, 1.82) is 0 Å². The molecule has 0 aromatic heterocycles. The monoisotopic (exact) mass is 478 g/mol. The second-order valence-electron chi connectivity index (χ2n) is 10.3. The maximum atomic E-state index is 6.51. The molecule has 2 aromatic carbocycles. The number of ether oxygens (including phenoxy) is 3. The van der Waals surface area contributed by atoms with Gasteiger partial charge in [-0.3, -0.25) is 4.90 Å². The van der Waals surface area contributed by atoms with Gasteiger partial charge in [-0.15, -0.1) is 0 Å². The minimum Gasteiger partial charge on any atom is -0.486 e. The Balaban J connectivity index is 1.23. The fraction of sp³-hybridized carbons (Fsp3) is 0.600. The second-order valence-corrected chi connectivity index (χ2v) is 10.3. The molecule has 2 aliphatic heterocycles. The van der Waals surface area contributed by atoms with Gasteiger partial charge in [-0.2, -0.15) is 0 Å². The van der Waals surface area contributed by atoms with Gasteiger partial charge in [-0.05, 0) is 56.3 Å². The molecule has 2 fully saturated rings. The number of para-hydroxylation sites is 1. The largest absolute Gasteiger partial charge is 0.486 e. The first kappa shape index (κ1) is 24.5. The second kappa shape index (κ2) is 12.1. The lowest BCUT2D eigenvalue weighted by Crippen LogP contribution is -2.47. The topological polar surface area (TPSA) is 34.2 Å². The maximum Gasteiger partial charge on any atom is 0.184 e. The van der Waals surface area contributed by atoms with Crippen LogP contribution in [0.4, 0.5) is 5.69 Å². The molecule has 0 radical (unpaired) electrons. The average Bonchev–Trinajstić information content (AvgIpc) is 2.94. The predicted octanol–water partition coefficient (Wildman–Crippen LogP) is 5.74. The van der Waals surface area contributed by atoms with Gasteiger partial charge in [0.15, 0.2) is 11.5 Å². The molecule has 2 unspecified atom stereocenters. The summed E-state index contributed by atoms with van der Waals surface area (Å²) in [6.45, 7) is 9.55. The quantitative estimate of drug-likeness (QED) is 0.459. The Hall–Kier alpha value is -2.24. The molecule has 0 amide bonds. The van der Waals surface area contributed by atoms with Gasteiger partial charge >= 0.3 is 0 Å².